The summed E-state index contributed by atoms with van der Waals surface area (Å²) in [4.78, 5) is 25.0. The molecule has 0 aromatic carbocycles. The van der Waals surface area contributed by atoms with Crippen LogP contribution in [0.5, 0.6) is 0 Å². The van der Waals surface area contributed by atoms with E-state index in [4.69, 9.17) is 0 Å². The highest BCUT2D eigenvalue weighted by molar-refractivity contribution is 6.02. The molecule has 0 bridgehead atoms. The fourth-order valence-electron chi connectivity index (χ4n) is 3.34. The quantitative estimate of drug-likeness (QED) is 0.134. The molecule has 1 aliphatic heterocycles. The standard InChI is InChI=1S/C24H39NO2/c1-2-3-4-5-6-7-8-9-10-11-12-13-14-15-16-19-22-25-23(26)20-17-18-21-24(25)27/h10-11,17,21H,2-9,12-16,19-20,22H2,1H3/b11-10+. The maximum Gasteiger partial charge on any atom is 0.260 e. The van der Waals surface area contributed by atoms with Crippen molar-refractivity contribution < 1.29 is 9.59 Å². The molecule has 27 heavy (non-hydrogen) atoms. The number of amides is 2. The van der Waals surface area contributed by atoms with Crippen molar-refractivity contribution >= 4 is 11.8 Å². The molecule has 152 valence electrons. The van der Waals surface area contributed by atoms with Crippen molar-refractivity contribution in [2.45, 2.75) is 103 Å². The van der Waals surface area contributed by atoms with Crippen molar-refractivity contribution in [2.24, 2.45) is 0 Å². The van der Waals surface area contributed by atoms with E-state index in [1.54, 1.807) is 6.08 Å². The number of hydrogen-bond acceptors (Lipinski definition) is 2. The lowest BCUT2D eigenvalue weighted by Gasteiger charge is -2.17. The summed E-state index contributed by atoms with van der Waals surface area (Å²) in [5.41, 5.74) is 2.75. The summed E-state index contributed by atoms with van der Waals surface area (Å²) in [5.74, 6) is -0.327. The van der Waals surface area contributed by atoms with Gasteiger partial charge in [-0.15, -0.1) is 5.73 Å². The summed E-state index contributed by atoms with van der Waals surface area (Å²) in [7, 11) is 0. The molecular formula is C24H39NO2. The molecule has 0 saturated heterocycles. The van der Waals surface area contributed by atoms with Crippen molar-refractivity contribution in [1.82, 2.24) is 4.90 Å². The Bertz CT molecular complexity index is 501. The Balaban J connectivity index is 1.88. The number of rotatable bonds is 16. The van der Waals surface area contributed by atoms with E-state index in [0.29, 0.717) is 6.54 Å². The van der Waals surface area contributed by atoms with Crippen LogP contribution in [0.15, 0.2) is 30.0 Å². The SMILES string of the molecule is CCCCCCCCC/C=C/CCCCCCCN1C(=O)C=C=CCC1=O. The molecule has 0 aromatic heterocycles. The maximum atomic E-state index is 11.8. The Labute approximate surface area is 166 Å². The minimum atomic E-state index is -0.222. The largest absolute Gasteiger partial charge is 0.278 e. The van der Waals surface area contributed by atoms with Gasteiger partial charge in [0.25, 0.3) is 5.91 Å². The Morgan fingerprint density at radius 1 is 0.852 bits per heavy atom. The molecule has 1 heterocycles. The number of nitrogens with zero attached hydrogens (tertiary/aromatic N) is 1. The van der Waals surface area contributed by atoms with Crippen molar-refractivity contribution in [3.63, 3.8) is 0 Å². The van der Waals surface area contributed by atoms with Crippen LogP contribution in [0.2, 0.25) is 0 Å². The van der Waals surface area contributed by atoms with Gasteiger partial charge in [-0.3, -0.25) is 14.5 Å². The second-order valence-electron chi connectivity index (χ2n) is 7.54. The monoisotopic (exact) mass is 373 g/mol. The van der Waals surface area contributed by atoms with Gasteiger partial charge < -0.3 is 0 Å². The molecule has 0 atom stereocenters. The fourth-order valence-corrected chi connectivity index (χ4v) is 3.34. The van der Waals surface area contributed by atoms with Crippen molar-refractivity contribution in [3.05, 3.63) is 30.0 Å². The van der Waals surface area contributed by atoms with Gasteiger partial charge in [0.15, 0.2) is 0 Å². The Morgan fingerprint density at radius 3 is 2.04 bits per heavy atom. The molecule has 0 unspecified atom stereocenters. The van der Waals surface area contributed by atoms with Crippen LogP contribution in [0.4, 0.5) is 0 Å². The van der Waals surface area contributed by atoms with E-state index in [1.807, 2.05) is 0 Å². The second kappa shape index (κ2) is 16.6. The van der Waals surface area contributed by atoms with Crippen LogP contribution in [0, 0.1) is 0 Å². The molecule has 0 spiro atoms. The average molecular weight is 374 g/mol. The molecule has 0 aliphatic carbocycles. The van der Waals surface area contributed by atoms with Gasteiger partial charge in [-0.25, -0.2) is 0 Å². The minimum Gasteiger partial charge on any atom is -0.278 e. The maximum absolute atomic E-state index is 11.8. The summed E-state index contributed by atoms with van der Waals surface area (Å²) in [6.07, 6.45) is 25.6. The van der Waals surface area contributed by atoms with Crippen LogP contribution in [-0.2, 0) is 9.59 Å². The number of carbonyl (C=O) groups is 2. The third-order valence-corrected chi connectivity index (χ3v) is 5.06. The van der Waals surface area contributed by atoms with Gasteiger partial charge in [0.05, 0.1) is 6.42 Å². The molecule has 3 nitrogen and oxygen atoms in total. The van der Waals surface area contributed by atoms with Crippen LogP contribution in [0.25, 0.3) is 0 Å². The highest BCUT2D eigenvalue weighted by atomic mass is 16.2. The third kappa shape index (κ3) is 12.4. The number of hydrogen-bond donors (Lipinski definition) is 0. The molecule has 0 saturated carbocycles. The molecule has 2 amide bonds. The van der Waals surface area contributed by atoms with Gasteiger partial charge in [-0.2, -0.15) is 0 Å². The highest BCUT2D eigenvalue weighted by Crippen LogP contribution is 2.11. The first-order chi connectivity index (χ1) is 13.3. The highest BCUT2D eigenvalue weighted by Gasteiger charge is 2.18. The zero-order chi connectivity index (χ0) is 19.6. The first-order valence-electron chi connectivity index (χ1n) is 11.2. The third-order valence-electron chi connectivity index (χ3n) is 5.06. The van der Waals surface area contributed by atoms with Crippen LogP contribution in [0.1, 0.15) is 103 Å². The topological polar surface area (TPSA) is 37.4 Å². The van der Waals surface area contributed by atoms with Gasteiger partial charge >= 0.3 is 0 Å². The van der Waals surface area contributed by atoms with Crippen molar-refractivity contribution in [2.75, 3.05) is 6.54 Å². The molecule has 0 N–H and O–H groups in total. The molecule has 3 heteroatoms. The summed E-state index contributed by atoms with van der Waals surface area (Å²) < 4.78 is 0. The smallest absolute Gasteiger partial charge is 0.260 e. The number of imide groups is 1. The first kappa shape index (κ1) is 23.4. The van der Waals surface area contributed by atoms with E-state index < -0.39 is 0 Å². The van der Waals surface area contributed by atoms with E-state index in [-0.39, 0.29) is 18.2 Å². The summed E-state index contributed by atoms with van der Waals surface area (Å²) in [5, 5.41) is 0. The van der Waals surface area contributed by atoms with Crippen molar-refractivity contribution in [3.8, 4) is 0 Å². The van der Waals surface area contributed by atoms with E-state index >= 15 is 0 Å². The van der Waals surface area contributed by atoms with Crippen LogP contribution >= 0.6 is 0 Å². The average Bonchev–Trinajstić information content (AvgIpc) is 2.82. The zero-order valence-corrected chi connectivity index (χ0v) is 17.4. The number of carbonyl (C=O) groups excluding carboxylic acids is 2. The molecule has 0 fully saturated rings. The van der Waals surface area contributed by atoms with Crippen molar-refractivity contribution in [1.29, 1.82) is 0 Å². The molecule has 1 aliphatic rings. The van der Waals surface area contributed by atoms with E-state index in [0.717, 1.165) is 12.8 Å². The van der Waals surface area contributed by atoms with Crippen LogP contribution in [0.3, 0.4) is 0 Å². The normalized spacial score (nSPS) is 14.5. The lowest BCUT2D eigenvalue weighted by Crippen LogP contribution is -2.35. The summed E-state index contributed by atoms with van der Waals surface area (Å²) >= 11 is 0. The van der Waals surface area contributed by atoms with Gasteiger partial charge in [-0.05, 0) is 38.2 Å². The predicted molar refractivity (Wildman–Crippen MR) is 113 cm³/mol. The summed E-state index contributed by atoms with van der Waals surface area (Å²) in [6, 6.07) is 0. The predicted octanol–water partition coefficient (Wildman–Crippen LogP) is 6.49. The van der Waals surface area contributed by atoms with Gasteiger partial charge in [-0.1, -0.05) is 76.9 Å². The Hall–Kier alpha value is -1.60. The Kier molecular flexibility index (Phi) is 14.4. The van der Waals surface area contributed by atoms with E-state index in [9.17, 15) is 9.59 Å². The lowest BCUT2D eigenvalue weighted by molar-refractivity contribution is -0.141. The second-order valence-corrected chi connectivity index (χ2v) is 7.54. The lowest BCUT2D eigenvalue weighted by atomic mass is 10.1. The van der Waals surface area contributed by atoms with E-state index in [2.05, 4.69) is 24.8 Å². The molecule has 0 radical (unpaired) electrons. The van der Waals surface area contributed by atoms with Gasteiger partial charge in [0, 0.05) is 12.6 Å². The van der Waals surface area contributed by atoms with Crippen LogP contribution in [-0.4, -0.2) is 23.3 Å². The molecule has 1 rings (SSSR count). The van der Waals surface area contributed by atoms with Gasteiger partial charge in [0.2, 0.25) is 5.91 Å². The number of unbranched alkanes of at least 4 members (excludes halogenated alkanes) is 12. The molecule has 0 aromatic rings. The zero-order valence-electron chi connectivity index (χ0n) is 17.4. The first-order valence-corrected chi connectivity index (χ1v) is 11.2. The Morgan fingerprint density at radius 2 is 1.41 bits per heavy atom. The van der Waals surface area contributed by atoms with Gasteiger partial charge in [0.1, 0.15) is 0 Å². The van der Waals surface area contributed by atoms with E-state index in [1.165, 1.54) is 88.0 Å². The van der Waals surface area contributed by atoms with Crippen LogP contribution < -0.4 is 0 Å². The number of allylic oxidation sites excluding steroid dienone is 2. The molecular weight excluding hydrogens is 334 g/mol. The minimum absolute atomic E-state index is 0.104. The summed E-state index contributed by atoms with van der Waals surface area (Å²) in [6.45, 7) is 2.81. The fraction of sp³-hybridized carbons (Fsp3) is 0.708.